The van der Waals surface area contributed by atoms with Crippen LogP contribution in [0.25, 0.3) is 0 Å². The third-order valence-electron chi connectivity index (χ3n) is 4.80. The van der Waals surface area contributed by atoms with Crippen LogP contribution in [0.3, 0.4) is 0 Å². The van der Waals surface area contributed by atoms with Crippen molar-refractivity contribution in [3.63, 3.8) is 0 Å². The molecule has 7 heteroatoms. The Morgan fingerprint density at radius 1 is 1.45 bits per heavy atom. The number of nitriles is 1. The van der Waals surface area contributed by atoms with Crippen molar-refractivity contribution in [2.75, 3.05) is 6.54 Å². The molecule has 3 nitrogen and oxygen atoms in total. The van der Waals surface area contributed by atoms with E-state index in [1.54, 1.807) is 12.3 Å². The standard InChI is InChI=1S/C15H15ClF3N3/c16-12-4-11(7-21-8-12)14-2-1-13(3-10(5-14)6-20)22(14)9-15(17,18)19/h4,7-8,10,13H,1-3,5,9H2. The Balaban J connectivity index is 2.04. The van der Waals surface area contributed by atoms with Crippen molar-refractivity contribution in [3.05, 3.63) is 29.0 Å². The molecule has 2 aliphatic heterocycles. The molecule has 3 rings (SSSR count). The van der Waals surface area contributed by atoms with Crippen molar-refractivity contribution in [1.29, 1.82) is 5.26 Å². The van der Waals surface area contributed by atoms with Gasteiger partial charge >= 0.3 is 6.18 Å². The van der Waals surface area contributed by atoms with Gasteiger partial charge in [0.1, 0.15) is 0 Å². The highest BCUT2D eigenvalue weighted by atomic mass is 35.5. The number of hydrogen-bond donors (Lipinski definition) is 0. The molecule has 0 N–H and O–H groups in total. The van der Waals surface area contributed by atoms with Crippen LogP contribution in [0.1, 0.15) is 31.2 Å². The second kappa shape index (κ2) is 5.39. The summed E-state index contributed by atoms with van der Waals surface area (Å²) in [5.74, 6) is -0.226. The van der Waals surface area contributed by atoms with Crippen molar-refractivity contribution in [2.24, 2.45) is 5.92 Å². The van der Waals surface area contributed by atoms with Crippen molar-refractivity contribution < 1.29 is 13.2 Å². The number of piperidine rings is 1. The van der Waals surface area contributed by atoms with Gasteiger partial charge in [0, 0.05) is 29.9 Å². The number of aromatic nitrogens is 1. The lowest BCUT2D eigenvalue weighted by atomic mass is 9.77. The van der Waals surface area contributed by atoms with Crippen LogP contribution < -0.4 is 0 Å². The minimum Gasteiger partial charge on any atom is -0.282 e. The van der Waals surface area contributed by atoms with Gasteiger partial charge in [0.15, 0.2) is 0 Å². The average molecular weight is 330 g/mol. The molecule has 2 saturated heterocycles. The van der Waals surface area contributed by atoms with E-state index in [1.807, 2.05) is 0 Å². The van der Waals surface area contributed by atoms with E-state index in [0.717, 1.165) is 0 Å². The van der Waals surface area contributed by atoms with Crippen LogP contribution in [-0.4, -0.2) is 28.6 Å². The SMILES string of the molecule is N#CC1CC2CCC(c3cncc(Cl)c3)(C1)N2CC(F)(F)F. The lowest BCUT2D eigenvalue weighted by Crippen LogP contribution is -2.53. The number of nitrogens with zero attached hydrogens (tertiary/aromatic N) is 3. The van der Waals surface area contributed by atoms with Crippen molar-refractivity contribution in [1.82, 2.24) is 9.88 Å². The molecule has 1 aromatic heterocycles. The fourth-order valence-corrected chi connectivity index (χ4v) is 4.18. The molecule has 1 aromatic rings. The largest absolute Gasteiger partial charge is 0.401 e. The first kappa shape index (κ1) is 15.6. The number of rotatable bonds is 2. The molecule has 2 bridgehead atoms. The highest BCUT2D eigenvalue weighted by Gasteiger charge is 2.55. The number of halogens is 4. The molecule has 0 aromatic carbocycles. The number of alkyl halides is 3. The molecule has 0 spiro atoms. The van der Waals surface area contributed by atoms with Crippen LogP contribution >= 0.6 is 11.6 Å². The summed E-state index contributed by atoms with van der Waals surface area (Å²) < 4.78 is 39.0. The van der Waals surface area contributed by atoms with Crippen LogP contribution in [0, 0.1) is 17.2 Å². The third kappa shape index (κ3) is 2.68. The Kier molecular flexibility index (Phi) is 3.82. The molecule has 3 unspecified atom stereocenters. The highest BCUT2D eigenvalue weighted by Crippen LogP contribution is 2.53. The van der Waals surface area contributed by atoms with Crippen LogP contribution in [0.4, 0.5) is 13.2 Å². The van der Waals surface area contributed by atoms with Gasteiger partial charge in [-0.1, -0.05) is 11.6 Å². The van der Waals surface area contributed by atoms with Gasteiger partial charge < -0.3 is 0 Å². The molecule has 3 atom stereocenters. The minimum atomic E-state index is -4.26. The Hall–Kier alpha value is -1.32. The van der Waals surface area contributed by atoms with Gasteiger partial charge in [-0.15, -0.1) is 0 Å². The number of fused-ring (bicyclic) bond motifs is 2. The Labute approximate surface area is 131 Å². The molecule has 0 aliphatic carbocycles. The topological polar surface area (TPSA) is 39.9 Å². The number of pyridine rings is 1. The normalized spacial score (nSPS) is 32.0. The van der Waals surface area contributed by atoms with Crippen LogP contribution in [-0.2, 0) is 5.54 Å². The predicted octanol–water partition coefficient (Wildman–Crippen LogP) is 3.89. The lowest BCUT2D eigenvalue weighted by Gasteiger charge is -2.46. The van der Waals surface area contributed by atoms with Crippen LogP contribution in [0.2, 0.25) is 5.02 Å². The Bertz CT molecular complexity index is 613. The van der Waals surface area contributed by atoms with E-state index in [-0.39, 0.29) is 12.0 Å². The van der Waals surface area contributed by atoms with Crippen LogP contribution in [0.5, 0.6) is 0 Å². The van der Waals surface area contributed by atoms with Gasteiger partial charge in [-0.05, 0) is 37.3 Å². The molecule has 0 amide bonds. The summed E-state index contributed by atoms with van der Waals surface area (Å²) in [5.41, 5.74) is -0.0943. The highest BCUT2D eigenvalue weighted by molar-refractivity contribution is 6.30. The summed E-state index contributed by atoms with van der Waals surface area (Å²) in [5, 5.41) is 9.66. The molecule has 118 valence electrons. The van der Waals surface area contributed by atoms with Gasteiger partial charge in [-0.2, -0.15) is 18.4 Å². The van der Waals surface area contributed by atoms with Crippen LogP contribution in [0.15, 0.2) is 18.5 Å². The van der Waals surface area contributed by atoms with Gasteiger partial charge in [0.05, 0.1) is 17.6 Å². The van der Waals surface area contributed by atoms with Crippen molar-refractivity contribution >= 4 is 11.6 Å². The summed E-state index contributed by atoms with van der Waals surface area (Å²) in [6.45, 7) is -0.956. The average Bonchev–Trinajstić information content (AvgIpc) is 2.66. The second-order valence-corrected chi connectivity index (χ2v) is 6.56. The first-order chi connectivity index (χ1) is 10.3. The summed E-state index contributed by atoms with van der Waals surface area (Å²) in [6, 6.07) is 3.71. The minimum absolute atomic E-state index is 0.209. The first-order valence-corrected chi connectivity index (χ1v) is 7.56. The van der Waals surface area contributed by atoms with E-state index >= 15 is 0 Å². The van der Waals surface area contributed by atoms with E-state index in [2.05, 4.69) is 11.1 Å². The number of hydrogen-bond acceptors (Lipinski definition) is 3. The zero-order valence-corrected chi connectivity index (χ0v) is 12.5. The van der Waals surface area contributed by atoms with E-state index in [0.29, 0.717) is 36.3 Å². The van der Waals surface area contributed by atoms with E-state index in [1.165, 1.54) is 11.1 Å². The molecule has 3 heterocycles. The first-order valence-electron chi connectivity index (χ1n) is 7.18. The quantitative estimate of drug-likeness (QED) is 0.826. The van der Waals surface area contributed by atoms with Crippen molar-refractivity contribution in [2.45, 2.75) is 43.4 Å². The van der Waals surface area contributed by atoms with E-state index in [9.17, 15) is 18.4 Å². The molecule has 2 aliphatic rings. The maximum atomic E-state index is 13.0. The smallest absolute Gasteiger partial charge is 0.282 e. The maximum absolute atomic E-state index is 13.0. The molecule has 0 saturated carbocycles. The fourth-order valence-electron chi connectivity index (χ4n) is 4.00. The molecule has 0 radical (unpaired) electrons. The van der Waals surface area contributed by atoms with Gasteiger partial charge in [0.2, 0.25) is 0 Å². The Morgan fingerprint density at radius 3 is 2.86 bits per heavy atom. The molecular weight excluding hydrogens is 315 g/mol. The summed E-state index contributed by atoms with van der Waals surface area (Å²) >= 11 is 5.98. The summed E-state index contributed by atoms with van der Waals surface area (Å²) in [7, 11) is 0. The van der Waals surface area contributed by atoms with Gasteiger partial charge in [0.25, 0.3) is 0 Å². The second-order valence-electron chi connectivity index (χ2n) is 6.12. The molecular formula is C15H15ClF3N3. The monoisotopic (exact) mass is 329 g/mol. The fraction of sp³-hybridized carbons (Fsp3) is 0.600. The molecule has 2 fully saturated rings. The Morgan fingerprint density at radius 2 is 2.23 bits per heavy atom. The maximum Gasteiger partial charge on any atom is 0.401 e. The van der Waals surface area contributed by atoms with Gasteiger partial charge in [-0.3, -0.25) is 9.88 Å². The molecule has 22 heavy (non-hydrogen) atoms. The zero-order chi connectivity index (χ0) is 16.0. The summed E-state index contributed by atoms with van der Waals surface area (Å²) in [6.07, 6.45) is 0.957. The van der Waals surface area contributed by atoms with E-state index < -0.39 is 18.3 Å². The third-order valence-corrected chi connectivity index (χ3v) is 5.00. The summed E-state index contributed by atoms with van der Waals surface area (Å²) in [4.78, 5) is 5.55. The van der Waals surface area contributed by atoms with Crippen molar-refractivity contribution in [3.8, 4) is 6.07 Å². The predicted molar refractivity (Wildman–Crippen MR) is 75.0 cm³/mol. The zero-order valence-electron chi connectivity index (χ0n) is 11.8. The lowest BCUT2D eigenvalue weighted by molar-refractivity contribution is -0.167. The van der Waals surface area contributed by atoms with Gasteiger partial charge in [-0.25, -0.2) is 0 Å². The van der Waals surface area contributed by atoms with E-state index in [4.69, 9.17) is 11.6 Å².